The molecule has 1 heterocycles. The van der Waals surface area contributed by atoms with Gasteiger partial charge in [0.1, 0.15) is 5.57 Å². The number of Topliss-reactive ketones (excluding diaryl/α,β-unsaturated/α-hetero) is 1. The van der Waals surface area contributed by atoms with Gasteiger partial charge in [-0.05, 0) is 6.08 Å². The van der Waals surface area contributed by atoms with E-state index in [9.17, 15) is 19.2 Å². The summed E-state index contributed by atoms with van der Waals surface area (Å²) in [7, 11) is 0. The van der Waals surface area contributed by atoms with E-state index in [2.05, 4.69) is 4.74 Å². The van der Waals surface area contributed by atoms with Crippen LogP contribution in [0.5, 0.6) is 0 Å². The second-order valence-electron chi connectivity index (χ2n) is 2.38. The Kier molecular flexibility index (Phi) is 2.32. The predicted octanol–water partition coefficient (Wildman–Crippen LogP) is -1.42. The van der Waals surface area contributed by atoms with Gasteiger partial charge >= 0.3 is 17.9 Å². The Balaban J connectivity index is 3.11. The summed E-state index contributed by atoms with van der Waals surface area (Å²) in [6.45, 7) is 0. The minimum absolute atomic E-state index is 0.578. The third-order valence-electron chi connectivity index (χ3n) is 1.46. The second kappa shape index (κ2) is 3.29. The molecule has 1 rings (SSSR count). The molecule has 1 atom stereocenters. The number of cyclic esters (lactones) is 1. The van der Waals surface area contributed by atoms with Gasteiger partial charge < -0.3 is 14.9 Å². The van der Waals surface area contributed by atoms with Gasteiger partial charge in [0, 0.05) is 0 Å². The van der Waals surface area contributed by atoms with Crippen molar-refractivity contribution in [2.75, 3.05) is 0 Å². The lowest BCUT2D eigenvalue weighted by Crippen LogP contribution is -2.37. The molecule has 2 N–H and O–H groups in total. The molecule has 0 spiro atoms. The van der Waals surface area contributed by atoms with Crippen molar-refractivity contribution in [1.29, 1.82) is 0 Å². The number of ketones is 1. The summed E-state index contributed by atoms with van der Waals surface area (Å²) in [5.74, 6) is -6.02. The SMILES string of the molecule is O=C(O)C1=CC(C(=O)O)OC(=O)C1=O. The van der Waals surface area contributed by atoms with E-state index < -0.39 is 35.4 Å². The van der Waals surface area contributed by atoms with Gasteiger partial charge in [-0.15, -0.1) is 0 Å². The molecule has 1 aliphatic heterocycles. The lowest BCUT2D eigenvalue weighted by atomic mass is 10.1. The normalized spacial score (nSPS) is 21.1. The van der Waals surface area contributed by atoms with Crippen molar-refractivity contribution >= 4 is 23.7 Å². The van der Waals surface area contributed by atoms with Crippen LogP contribution < -0.4 is 0 Å². The summed E-state index contributed by atoms with van der Waals surface area (Å²) >= 11 is 0. The first-order valence-electron chi connectivity index (χ1n) is 3.36. The Morgan fingerprint density at radius 3 is 2.29 bits per heavy atom. The number of rotatable bonds is 2. The van der Waals surface area contributed by atoms with Gasteiger partial charge in [0.15, 0.2) is 0 Å². The Morgan fingerprint density at radius 1 is 1.29 bits per heavy atom. The predicted molar refractivity (Wildman–Crippen MR) is 38.2 cm³/mol. The minimum Gasteiger partial charge on any atom is -0.478 e. The zero-order chi connectivity index (χ0) is 10.9. The summed E-state index contributed by atoms with van der Waals surface area (Å²) in [5.41, 5.74) is -0.881. The third kappa shape index (κ3) is 1.60. The van der Waals surface area contributed by atoms with Crippen LogP contribution >= 0.6 is 0 Å². The summed E-state index contributed by atoms with van der Waals surface area (Å²) in [6, 6.07) is 0. The van der Waals surface area contributed by atoms with E-state index in [1.165, 1.54) is 0 Å². The van der Waals surface area contributed by atoms with Crippen LogP contribution in [0.1, 0.15) is 0 Å². The van der Waals surface area contributed by atoms with Crippen LogP contribution in [0.15, 0.2) is 11.6 Å². The smallest absolute Gasteiger partial charge is 0.381 e. The van der Waals surface area contributed by atoms with Crippen LogP contribution in [-0.2, 0) is 23.9 Å². The molecule has 0 radical (unpaired) electrons. The molecule has 0 amide bonds. The molecule has 0 bridgehead atoms. The molecule has 7 heteroatoms. The Bertz CT molecular complexity index is 364. The van der Waals surface area contributed by atoms with Crippen molar-refractivity contribution < 1.29 is 34.1 Å². The van der Waals surface area contributed by atoms with Crippen LogP contribution in [0.25, 0.3) is 0 Å². The van der Waals surface area contributed by atoms with Gasteiger partial charge in [-0.25, -0.2) is 14.4 Å². The third-order valence-corrected chi connectivity index (χ3v) is 1.46. The highest BCUT2D eigenvalue weighted by Gasteiger charge is 2.36. The molecule has 0 aromatic heterocycles. The first-order chi connectivity index (χ1) is 6.43. The Hall–Kier alpha value is -2.18. The van der Waals surface area contributed by atoms with Crippen molar-refractivity contribution in [3.8, 4) is 0 Å². The highest BCUT2D eigenvalue weighted by molar-refractivity contribution is 6.47. The maximum Gasteiger partial charge on any atom is 0.381 e. The number of ether oxygens (including phenoxy) is 1. The van der Waals surface area contributed by atoms with E-state index in [1.807, 2.05) is 0 Å². The van der Waals surface area contributed by atoms with Crippen LogP contribution in [0.2, 0.25) is 0 Å². The second-order valence-corrected chi connectivity index (χ2v) is 2.38. The van der Waals surface area contributed by atoms with Crippen LogP contribution in [0.4, 0.5) is 0 Å². The fourth-order valence-electron chi connectivity index (χ4n) is 0.830. The number of hydrogen-bond acceptors (Lipinski definition) is 5. The maximum absolute atomic E-state index is 10.8. The molecule has 0 aromatic rings. The molecule has 0 saturated carbocycles. The molecule has 0 aliphatic carbocycles. The zero-order valence-electron chi connectivity index (χ0n) is 6.59. The molecule has 14 heavy (non-hydrogen) atoms. The quantitative estimate of drug-likeness (QED) is 0.319. The van der Waals surface area contributed by atoms with Gasteiger partial charge in [0.05, 0.1) is 0 Å². The van der Waals surface area contributed by atoms with Crippen LogP contribution in [0, 0.1) is 0 Å². The molecular weight excluding hydrogens is 196 g/mol. The summed E-state index contributed by atoms with van der Waals surface area (Å²) in [6.07, 6.45) is -1.14. The molecule has 1 aliphatic rings. The monoisotopic (exact) mass is 200 g/mol. The van der Waals surface area contributed by atoms with E-state index in [0.717, 1.165) is 0 Å². The van der Waals surface area contributed by atoms with E-state index in [1.54, 1.807) is 0 Å². The summed E-state index contributed by atoms with van der Waals surface area (Å²) < 4.78 is 4.11. The average Bonchev–Trinajstić information content (AvgIpc) is 2.08. The first-order valence-corrected chi connectivity index (χ1v) is 3.36. The number of carbonyl (C=O) groups excluding carboxylic acids is 2. The number of aliphatic carboxylic acids is 2. The standard InChI is InChI=1S/C7H4O7/c8-4-2(5(9)10)1-3(6(11)12)14-7(4)13/h1,3H,(H,9,10)(H,11,12). The topological polar surface area (TPSA) is 118 Å². The van der Waals surface area contributed by atoms with E-state index in [4.69, 9.17) is 10.2 Å². The van der Waals surface area contributed by atoms with Gasteiger partial charge in [-0.2, -0.15) is 0 Å². The van der Waals surface area contributed by atoms with Crippen LogP contribution in [-0.4, -0.2) is 40.0 Å². The zero-order valence-corrected chi connectivity index (χ0v) is 6.59. The number of carboxylic acids is 2. The van der Waals surface area contributed by atoms with Crippen molar-refractivity contribution in [2.24, 2.45) is 0 Å². The molecular formula is C7H4O7. The fraction of sp³-hybridized carbons (Fsp3) is 0.143. The lowest BCUT2D eigenvalue weighted by molar-refractivity contribution is -0.165. The van der Waals surface area contributed by atoms with Gasteiger partial charge in [0.25, 0.3) is 5.78 Å². The Morgan fingerprint density at radius 2 is 1.86 bits per heavy atom. The van der Waals surface area contributed by atoms with E-state index in [0.29, 0.717) is 6.08 Å². The van der Waals surface area contributed by atoms with Gasteiger partial charge in [-0.1, -0.05) is 0 Å². The number of carbonyl (C=O) groups is 4. The van der Waals surface area contributed by atoms with Crippen molar-refractivity contribution in [1.82, 2.24) is 0 Å². The maximum atomic E-state index is 10.8. The molecule has 0 saturated heterocycles. The van der Waals surface area contributed by atoms with Crippen molar-refractivity contribution in [3.63, 3.8) is 0 Å². The number of hydrogen-bond donors (Lipinski definition) is 2. The molecule has 0 fully saturated rings. The summed E-state index contributed by atoms with van der Waals surface area (Å²) in [5, 5.41) is 16.9. The fourth-order valence-corrected chi connectivity index (χ4v) is 0.830. The van der Waals surface area contributed by atoms with Gasteiger partial charge in [0.2, 0.25) is 6.10 Å². The molecule has 74 valence electrons. The van der Waals surface area contributed by atoms with Crippen molar-refractivity contribution in [3.05, 3.63) is 11.6 Å². The first kappa shape index (κ1) is 9.90. The lowest BCUT2D eigenvalue weighted by Gasteiger charge is -2.14. The number of esters is 1. The summed E-state index contributed by atoms with van der Waals surface area (Å²) in [4.78, 5) is 42.2. The van der Waals surface area contributed by atoms with Gasteiger partial charge in [-0.3, -0.25) is 4.79 Å². The van der Waals surface area contributed by atoms with Crippen molar-refractivity contribution in [2.45, 2.75) is 6.10 Å². The molecule has 1 unspecified atom stereocenters. The minimum atomic E-state index is -1.72. The van der Waals surface area contributed by atoms with E-state index >= 15 is 0 Å². The molecule has 7 nitrogen and oxygen atoms in total. The van der Waals surface area contributed by atoms with Crippen LogP contribution in [0.3, 0.4) is 0 Å². The highest BCUT2D eigenvalue weighted by atomic mass is 16.6. The van der Waals surface area contributed by atoms with E-state index in [-0.39, 0.29) is 0 Å². The largest absolute Gasteiger partial charge is 0.478 e. The number of carboxylic acid groups (broad SMARTS) is 2. The molecule has 0 aromatic carbocycles. The Labute approximate surface area is 76.6 Å². The average molecular weight is 200 g/mol. The highest BCUT2D eigenvalue weighted by Crippen LogP contribution is 2.11.